The zero-order chi connectivity index (χ0) is 21.9. The summed E-state index contributed by atoms with van der Waals surface area (Å²) < 4.78 is 0. The third-order valence-electron chi connectivity index (χ3n) is 4.06. The van der Waals surface area contributed by atoms with Gasteiger partial charge in [-0.1, -0.05) is 41.5 Å². The van der Waals surface area contributed by atoms with Crippen molar-refractivity contribution in [2.75, 3.05) is 13.2 Å². The smallest absolute Gasteiger partial charge is 0.303 e. The highest BCUT2D eigenvalue weighted by atomic mass is 16.4. The van der Waals surface area contributed by atoms with Crippen LogP contribution < -0.4 is 11.1 Å². The van der Waals surface area contributed by atoms with Crippen molar-refractivity contribution in [1.29, 1.82) is 0 Å². The number of carbonyl (C=O) groups excluding carboxylic acids is 1. The van der Waals surface area contributed by atoms with Gasteiger partial charge in [0.1, 0.15) is 0 Å². The number of hydrogen-bond acceptors (Lipinski definition) is 4. The molecule has 0 spiro atoms. The van der Waals surface area contributed by atoms with E-state index < -0.39 is 5.97 Å². The molecule has 0 unspecified atom stereocenters. The molecule has 27 heavy (non-hydrogen) atoms. The van der Waals surface area contributed by atoms with Gasteiger partial charge in [-0.25, -0.2) is 0 Å². The Morgan fingerprint density at radius 3 is 1.89 bits per heavy atom. The van der Waals surface area contributed by atoms with Gasteiger partial charge >= 0.3 is 5.97 Å². The molecule has 0 fully saturated rings. The number of nitrogens with two attached hydrogens (primary N) is 1. The van der Waals surface area contributed by atoms with Crippen molar-refractivity contribution in [3.8, 4) is 0 Å². The molecule has 0 aliphatic heterocycles. The van der Waals surface area contributed by atoms with Gasteiger partial charge in [0.25, 0.3) is 0 Å². The summed E-state index contributed by atoms with van der Waals surface area (Å²) in [5.74, 6) is -0.155. The summed E-state index contributed by atoms with van der Waals surface area (Å²) in [7, 11) is 0. The molecule has 1 amide bonds. The Balaban J connectivity index is 0. The second-order valence-corrected chi connectivity index (χ2v) is 10.2. The van der Waals surface area contributed by atoms with Gasteiger partial charge in [0, 0.05) is 25.1 Å². The van der Waals surface area contributed by atoms with E-state index in [0.717, 1.165) is 12.8 Å². The first-order chi connectivity index (χ1) is 12.0. The van der Waals surface area contributed by atoms with E-state index in [0.29, 0.717) is 25.3 Å². The van der Waals surface area contributed by atoms with Gasteiger partial charge in [0.2, 0.25) is 5.91 Å². The number of carboxylic acid groups (broad SMARTS) is 1. The molecule has 0 radical (unpaired) electrons. The molecular weight excluding hydrogens is 344 g/mol. The molecule has 5 N–H and O–H groups in total. The number of nitrogens with one attached hydrogen (secondary N) is 1. The summed E-state index contributed by atoms with van der Waals surface area (Å²) in [4.78, 5) is 22.6. The number of carbonyl (C=O) groups is 2. The van der Waals surface area contributed by atoms with E-state index >= 15 is 0 Å². The molecule has 0 atom stereocenters. The highest BCUT2D eigenvalue weighted by Crippen LogP contribution is 2.35. The predicted molar refractivity (Wildman–Crippen MR) is 111 cm³/mol. The molecule has 0 aromatic carbocycles. The minimum Gasteiger partial charge on any atom is -0.481 e. The largest absolute Gasteiger partial charge is 0.481 e. The molecule has 6 nitrogen and oxygen atoms in total. The van der Waals surface area contributed by atoms with Crippen LogP contribution in [0.15, 0.2) is 0 Å². The number of aliphatic hydroxyl groups excluding tert-OH is 1. The number of amides is 1. The molecule has 0 saturated heterocycles. The zero-order valence-corrected chi connectivity index (χ0v) is 18.8. The minimum absolute atomic E-state index is 0.0859. The molecule has 0 heterocycles. The van der Waals surface area contributed by atoms with E-state index in [4.69, 9.17) is 15.9 Å². The lowest BCUT2D eigenvalue weighted by atomic mass is 9.73. The standard InChI is InChI=1S/C16H31NO3.C5H13NO/c1-12(2)7-8-13(18)17-11-16(5,6)10-15(3,4)9-14(19)20;1-5(2,6)3-4-7/h12H,7-11H2,1-6H3,(H,17,18)(H,19,20);7H,3-4,6H2,1-2H3. The van der Waals surface area contributed by atoms with E-state index in [2.05, 4.69) is 33.0 Å². The number of carboxylic acids is 1. The molecule has 0 rings (SSSR count). The lowest BCUT2D eigenvalue weighted by Gasteiger charge is -2.34. The first kappa shape index (κ1) is 28.1. The van der Waals surface area contributed by atoms with Crippen LogP contribution in [0.5, 0.6) is 0 Å². The summed E-state index contributed by atoms with van der Waals surface area (Å²) in [5, 5.41) is 20.2. The Kier molecular flexibility index (Phi) is 12.8. The van der Waals surface area contributed by atoms with Gasteiger partial charge in [0.15, 0.2) is 0 Å². The zero-order valence-electron chi connectivity index (χ0n) is 18.8. The Morgan fingerprint density at radius 1 is 1.04 bits per heavy atom. The van der Waals surface area contributed by atoms with Crippen LogP contribution in [-0.2, 0) is 9.59 Å². The average Bonchev–Trinajstić information content (AvgIpc) is 2.39. The van der Waals surface area contributed by atoms with Crippen LogP contribution in [0.4, 0.5) is 0 Å². The van der Waals surface area contributed by atoms with Gasteiger partial charge in [-0.2, -0.15) is 0 Å². The van der Waals surface area contributed by atoms with E-state index in [9.17, 15) is 9.59 Å². The lowest BCUT2D eigenvalue weighted by Crippen LogP contribution is -2.37. The topological polar surface area (TPSA) is 113 Å². The minimum atomic E-state index is -0.772. The molecule has 0 bridgehead atoms. The number of aliphatic hydroxyl groups is 1. The van der Waals surface area contributed by atoms with Gasteiger partial charge in [-0.3, -0.25) is 9.59 Å². The van der Waals surface area contributed by atoms with E-state index in [1.807, 2.05) is 27.7 Å². The second-order valence-electron chi connectivity index (χ2n) is 10.2. The van der Waals surface area contributed by atoms with Crippen molar-refractivity contribution >= 4 is 11.9 Å². The van der Waals surface area contributed by atoms with Crippen molar-refractivity contribution in [1.82, 2.24) is 5.32 Å². The molecule has 0 saturated carbocycles. The SMILES string of the molecule is CC(C)(N)CCO.CC(C)CCC(=O)NCC(C)(C)CC(C)(C)CC(=O)O. The molecule has 0 aliphatic rings. The Labute approximate surface area is 166 Å². The molecule has 0 aromatic rings. The van der Waals surface area contributed by atoms with Crippen molar-refractivity contribution < 1.29 is 19.8 Å². The highest BCUT2D eigenvalue weighted by molar-refractivity contribution is 5.75. The monoisotopic (exact) mass is 388 g/mol. The van der Waals surface area contributed by atoms with E-state index in [-0.39, 0.29) is 35.3 Å². The van der Waals surface area contributed by atoms with Crippen LogP contribution in [0.25, 0.3) is 0 Å². The maximum atomic E-state index is 11.7. The summed E-state index contributed by atoms with van der Waals surface area (Å²) in [5.41, 5.74) is 4.92. The van der Waals surface area contributed by atoms with Crippen LogP contribution >= 0.6 is 0 Å². The normalized spacial score (nSPS) is 12.4. The van der Waals surface area contributed by atoms with Crippen molar-refractivity contribution in [3.05, 3.63) is 0 Å². The maximum Gasteiger partial charge on any atom is 0.303 e. The third kappa shape index (κ3) is 21.0. The number of rotatable bonds is 11. The fraction of sp³-hybridized carbons (Fsp3) is 0.905. The van der Waals surface area contributed by atoms with Gasteiger partial charge in [-0.05, 0) is 49.9 Å². The van der Waals surface area contributed by atoms with Crippen molar-refractivity contribution in [3.63, 3.8) is 0 Å². The average molecular weight is 389 g/mol. The summed E-state index contributed by atoms with van der Waals surface area (Å²) >= 11 is 0. The first-order valence-electron chi connectivity index (χ1n) is 9.88. The molecule has 6 heteroatoms. The van der Waals surface area contributed by atoms with Crippen LogP contribution in [0.3, 0.4) is 0 Å². The highest BCUT2D eigenvalue weighted by Gasteiger charge is 2.30. The third-order valence-corrected chi connectivity index (χ3v) is 4.06. The second kappa shape index (κ2) is 12.3. The fourth-order valence-corrected chi connectivity index (χ4v) is 2.96. The van der Waals surface area contributed by atoms with Gasteiger partial charge in [0.05, 0.1) is 6.42 Å². The molecule has 0 aliphatic carbocycles. The summed E-state index contributed by atoms with van der Waals surface area (Å²) in [6.07, 6.45) is 3.05. The Hall–Kier alpha value is -1.14. The number of hydrogen-bond donors (Lipinski definition) is 4. The quantitative estimate of drug-likeness (QED) is 0.432. The van der Waals surface area contributed by atoms with Crippen LogP contribution in [-0.4, -0.2) is 40.8 Å². The van der Waals surface area contributed by atoms with Crippen LogP contribution in [0.2, 0.25) is 0 Å². The first-order valence-corrected chi connectivity index (χ1v) is 9.88. The van der Waals surface area contributed by atoms with Gasteiger partial charge in [-0.15, -0.1) is 0 Å². The molecule has 0 aromatic heterocycles. The lowest BCUT2D eigenvalue weighted by molar-refractivity contribution is -0.139. The summed E-state index contributed by atoms with van der Waals surface area (Å²) in [6.45, 7) is 16.8. The van der Waals surface area contributed by atoms with Crippen molar-refractivity contribution in [2.45, 2.75) is 93.0 Å². The molecular formula is C21H44N2O4. The number of aliphatic carboxylic acids is 1. The van der Waals surface area contributed by atoms with E-state index in [1.165, 1.54) is 0 Å². The van der Waals surface area contributed by atoms with Crippen LogP contribution in [0.1, 0.15) is 87.5 Å². The fourth-order valence-electron chi connectivity index (χ4n) is 2.96. The predicted octanol–water partition coefficient (Wildman–Crippen LogP) is 3.56. The summed E-state index contributed by atoms with van der Waals surface area (Å²) in [6, 6.07) is 0. The van der Waals surface area contributed by atoms with Crippen LogP contribution in [0, 0.1) is 16.7 Å². The van der Waals surface area contributed by atoms with Crippen molar-refractivity contribution in [2.24, 2.45) is 22.5 Å². The Morgan fingerprint density at radius 2 is 1.56 bits per heavy atom. The molecule has 162 valence electrons. The van der Waals surface area contributed by atoms with Gasteiger partial charge < -0.3 is 21.3 Å². The van der Waals surface area contributed by atoms with E-state index in [1.54, 1.807) is 0 Å². The maximum absolute atomic E-state index is 11.7. The Bertz CT molecular complexity index is 438.